The lowest BCUT2D eigenvalue weighted by Crippen LogP contribution is -2.45. The Morgan fingerprint density at radius 1 is 1.37 bits per heavy atom. The molecule has 2 unspecified atom stereocenters. The largest absolute Gasteiger partial charge is 0.444 e. The summed E-state index contributed by atoms with van der Waals surface area (Å²) in [5.41, 5.74) is -0.683. The number of carbonyl (C=O) groups is 1. The summed E-state index contributed by atoms with van der Waals surface area (Å²) in [4.78, 5) is 11.6. The van der Waals surface area contributed by atoms with Gasteiger partial charge < -0.3 is 10.1 Å². The van der Waals surface area contributed by atoms with Crippen molar-refractivity contribution in [3.05, 3.63) is 0 Å². The molecule has 0 aromatic heterocycles. The van der Waals surface area contributed by atoms with Gasteiger partial charge in [-0.25, -0.2) is 4.79 Å². The van der Waals surface area contributed by atoms with Gasteiger partial charge in [0.1, 0.15) is 11.4 Å². The SMILES string of the molecule is CCCC(C)C(CS(=O)(=O)F)NC(=O)OC(C)(C)C. The summed E-state index contributed by atoms with van der Waals surface area (Å²) in [6, 6.07) is -0.787. The minimum atomic E-state index is -4.65. The fraction of sp³-hybridized carbons (Fsp3) is 0.917. The van der Waals surface area contributed by atoms with Gasteiger partial charge in [0.15, 0.2) is 0 Å². The van der Waals surface area contributed by atoms with Crippen LogP contribution in [0.2, 0.25) is 0 Å². The summed E-state index contributed by atoms with van der Waals surface area (Å²) in [5.74, 6) is -0.879. The maximum Gasteiger partial charge on any atom is 0.407 e. The van der Waals surface area contributed by atoms with Gasteiger partial charge in [-0.05, 0) is 33.1 Å². The zero-order valence-electron chi connectivity index (χ0n) is 12.2. The van der Waals surface area contributed by atoms with Gasteiger partial charge in [-0.15, -0.1) is 3.89 Å². The van der Waals surface area contributed by atoms with Crippen molar-refractivity contribution >= 4 is 16.3 Å². The zero-order valence-corrected chi connectivity index (χ0v) is 13.0. The molecule has 114 valence electrons. The highest BCUT2D eigenvalue weighted by Crippen LogP contribution is 2.15. The van der Waals surface area contributed by atoms with Gasteiger partial charge in [-0.2, -0.15) is 8.42 Å². The third-order valence-electron chi connectivity index (χ3n) is 2.51. The average Bonchev–Trinajstić information content (AvgIpc) is 2.11. The van der Waals surface area contributed by atoms with Gasteiger partial charge in [0, 0.05) is 0 Å². The molecule has 0 fully saturated rings. The number of ether oxygens (including phenoxy) is 1. The fourth-order valence-electron chi connectivity index (χ4n) is 1.68. The molecule has 1 amide bonds. The van der Waals surface area contributed by atoms with Gasteiger partial charge in [0.25, 0.3) is 0 Å². The van der Waals surface area contributed by atoms with Gasteiger partial charge >= 0.3 is 16.3 Å². The molecule has 0 spiro atoms. The molecule has 0 saturated heterocycles. The molecular formula is C12H24FNO4S. The Bertz CT molecular complexity index is 389. The topological polar surface area (TPSA) is 72.5 Å². The lowest BCUT2D eigenvalue weighted by atomic mass is 9.98. The molecule has 0 saturated carbocycles. The first-order valence-electron chi connectivity index (χ1n) is 6.36. The minimum Gasteiger partial charge on any atom is -0.444 e. The molecule has 0 radical (unpaired) electrons. The zero-order chi connectivity index (χ0) is 15.3. The highest BCUT2D eigenvalue weighted by molar-refractivity contribution is 7.86. The number of carbonyl (C=O) groups excluding carboxylic acids is 1. The third-order valence-corrected chi connectivity index (χ3v) is 3.27. The van der Waals surface area contributed by atoms with Crippen molar-refractivity contribution in [2.24, 2.45) is 5.92 Å². The molecule has 7 heteroatoms. The normalized spacial score (nSPS) is 15.7. The Balaban J connectivity index is 4.71. The molecule has 0 aliphatic rings. The van der Waals surface area contributed by atoms with E-state index in [4.69, 9.17) is 4.74 Å². The molecule has 0 aromatic rings. The van der Waals surface area contributed by atoms with E-state index in [2.05, 4.69) is 5.32 Å². The van der Waals surface area contributed by atoms with Crippen LogP contribution < -0.4 is 5.32 Å². The molecule has 0 aliphatic heterocycles. The van der Waals surface area contributed by atoms with E-state index in [1.54, 1.807) is 27.7 Å². The number of hydrogen-bond acceptors (Lipinski definition) is 4. The second-order valence-electron chi connectivity index (χ2n) is 5.72. The van der Waals surface area contributed by atoms with E-state index in [1.807, 2.05) is 6.92 Å². The van der Waals surface area contributed by atoms with Gasteiger partial charge in [-0.1, -0.05) is 20.3 Å². The number of rotatable bonds is 6. The van der Waals surface area contributed by atoms with E-state index in [-0.39, 0.29) is 5.92 Å². The average molecular weight is 297 g/mol. The van der Waals surface area contributed by atoms with Crippen LogP contribution in [-0.2, 0) is 15.0 Å². The molecule has 0 aromatic carbocycles. The maximum atomic E-state index is 12.8. The van der Waals surface area contributed by atoms with E-state index >= 15 is 0 Å². The standard InChI is InChI=1S/C12H24FNO4S/c1-6-7-9(2)10(8-19(13,16)17)14-11(15)18-12(3,4)5/h9-10H,6-8H2,1-5H3,(H,14,15). The quantitative estimate of drug-likeness (QED) is 0.765. The van der Waals surface area contributed by atoms with Crippen LogP contribution in [0.25, 0.3) is 0 Å². The predicted octanol–water partition coefficient (Wildman–Crippen LogP) is 2.62. The Hall–Kier alpha value is -0.850. The van der Waals surface area contributed by atoms with Crippen LogP contribution >= 0.6 is 0 Å². The second kappa shape index (κ2) is 7.07. The predicted molar refractivity (Wildman–Crippen MR) is 72.1 cm³/mol. The van der Waals surface area contributed by atoms with Crippen LogP contribution in [0.4, 0.5) is 8.68 Å². The van der Waals surface area contributed by atoms with Gasteiger partial charge in [-0.3, -0.25) is 0 Å². The second-order valence-corrected chi connectivity index (χ2v) is 7.14. The monoisotopic (exact) mass is 297 g/mol. The van der Waals surface area contributed by atoms with Crippen molar-refractivity contribution in [1.82, 2.24) is 5.32 Å². The smallest absolute Gasteiger partial charge is 0.407 e. The number of nitrogens with one attached hydrogen (secondary N) is 1. The van der Waals surface area contributed by atoms with Crippen LogP contribution in [0.15, 0.2) is 0 Å². The Morgan fingerprint density at radius 2 is 1.89 bits per heavy atom. The van der Waals surface area contributed by atoms with E-state index in [0.29, 0.717) is 6.42 Å². The van der Waals surface area contributed by atoms with Crippen LogP contribution in [0.1, 0.15) is 47.5 Å². The third kappa shape index (κ3) is 9.69. The van der Waals surface area contributed by atoms with Crippen LogP contribution in [0, 0.1) is 5.92 Å². The van der Waals surface area contributed by atoms with Crippen molar-refractivity contribution < 1.29 is 21.8 Å². The summed E-state index contributed by atoms with van der Waals surface area (Å²) in [7, 11) is -4.65. The lowest BCUT2D eigenvalue weighted by molar-refractivity contribution is 0.0493. The number of halogens is 1. The summed E-state index contributed by atoms with van der Waals surface area (Å²) in [6.45, 7) is 8.80. The Morgan fingerprint density at radius 3 is 2.26 bits per heavy atom. The fourth-order valence-corrected chi connectivity index (χ4v) is 2.52. The molecule has 0 rings (SSSR count). The molecular weight excluding hydrogens is 273 g/mol. The molecule has 0 heterocycles. The molecule has 2 atom stereocenters. The lowest BCUT2D eigenvalue weighted by Gasteiger charge is -2.26. The van der Waals surface area contributed by atoms with Crippen molar-refractivity contribution in [1.29, 1.82) is 0 Å². The Labute approximate surface area is 115 Å². The van der Waals surface area contributed by atoms with Crippen molar-refractivity contribution in [2.75, 3.05) is 5.75 Å². The molecule has 0 bridgehead atoms. The maximum absolute atomic E-state index is 12.8. The van der Waals surface area contributed by atoms with Crippen molar-refractivity contribution in [3.8, 4) is 0 Å². The summed E-state index contributed by atoms with van der Waals surface area (Å²) in [5, 5.41) is 2.43. The molecule has 5 nitrogen and oxygen atoms in total. The molecule has 0 aliphatic carbocycles. The van der Waals surface area contributed by atoms with Gasteiger partial charge in [0.05, 0.1) is 6.04 Å². The first-order chi connectivity index (χ1) is 8.44. The van der Waals surface area contributed by atoms with E-state index in [0.717, 1.165) is 6.42 Å². The highest BCUT2D eigenvalue weighted by atomic mass is 32.3. The van der Waals surface area contributed by atoms with E-state index in [1.165, 1.54) is 0 Å². The van der Waals surface area contributed by atoms with Gasteiger partial charge in [0.2, 0.25) is 0 Å². The summed E-state index contributed by atoms with van der Waals surface area (Å²) < 4.78 is 39.4. The first-order valence-corrected chi connectivity index (χ1v) is 7.91. The number of hydrogen-bond donors (Lipinski definition) is 1. The minimum absolute atomic E-state index is 0.150. The summed E-state index contributed by atoms with van der Waals surface area (Å²) >= 11 is 0. The van der Waals surface area contributed by atoms with E-state index in [9.17, 15) is 17.1 Å². The number of alkyl carbamates (subject to hydrolysis) is 1. The highest BCUT2D eigenvalue weighted by Gasteiger charge is 2.27. The first kappa shape index (κ1) is 18.1. The van der Waals surface area contributed by atoms with Crippen LogP contribution in [0.3, 0.4) is 0 Å². The molecule has 1 N–H and O–H groups in total. The Kier molecular flexibility index (Phi) is 6.76. The summed E-state index contributed by atoms with van der Waals surface area (Å²) in [6.07, 6.45) is 0.778. The van der Waals surface area contributed by atoms with Crippen molar-refractivity contribution in [3.63, 3.8) is 0 Å². The van der Waals surface area contributed by atoms with Crippen LogP contribution in [0.5, 0.6) is 0 Å². The van der Waals surface area contributed by atoms with Crippen molar-refractivity contribution in [2.45, 2.75) is 59.1 Å². The number of amides is 1. The van der Waals surface area contributed by atoms with E-state index < -0.39 is 33.7 Å². The molecule has 19 heavy (non-hydrogen) atoms. The van der Waals surface area contributed by atoms with Crippen LogP contribution in [-0.4, -0.2) is 31.9 Å².